The Labute approximate surface area is 104 Å². The number of carbonyl (C=O) groups is 1. The Morgan fingerprint density at radius 2 is 1.82 bits per heavy atom. The predicted molar refractivity (Wildman–Crippen MR) is 67.9 cm³/mol. The van der Waals surface area contributed by atoms with Crippen LogP contribution in [-0.4, -0.2) is 22.7 Å². The highest BCUT2D eigenvalue weighted by atomic mass is 16.4. The summed E-state index contributed by atoms with van der Waals surface area (Å²) in [5, 5.41) is 13.2. The van der Waals surface area contributed by atoms with E-state index in [2.05, 4.69) is 19.2 Å². The SMILES string of the molecule is CC1CCC(C)C(NC2CCCC2)(C(=O)O)C1. The summed E-state index contributed by atoms with van der Waals surface area (Å²) in [6.07, 6.45) is 7.79. The molecule has 2 aliphatic carbocycles. The molecule has 0 spiro atoms. The van der Waals surface area contributed by atoms with E-state index in [1.165, 1.54) is 19.3 Å². The molecule has 0 aromatic heterocycles. The Bertz CT molecular complexity index is 286. The van der Waals surface area contributed by atoms with Crippen molar-refractivity contribution in [2.45, 2.75) is 70.4 Å². The van der Waals surface area contributed by atoms with E-state index in [1.54, 1.807) is 0 Å². The van der Waals surface area contributed by atoms with Gasteiger partial charge in [0.25, 0.3) is 0 Å². The van der Waals surface area contributed by atoms with Crippen LogP contribution in [0.1, 0.15) is 58.8 Å². The van der Waals surface area contributed by atoms with E-state index in [4.69, 9.17) is 0 Å². The molecule has 0 aliphatic heterocycles. The minimum Gasteiger partial charge on any atom is -0.480 e. The maximum Gasteiger partial charge on any atom is 0.324 e. The molecule has 2 fully saturated rings. The molecule has 2 rings (SSSR count). The van der Waals surface area contributed by atoms with E-state index in [1.807, 2.05) is 0 Å². The third kappa shape index (κ3) is 2.49. The monoisotopic (exact) mass is 239 g/mol. The highest BCUT2D eigenvalue weighted by Crippen LogP contribution is 2.38. The van der Waals surface area contributed by atoms with Crippen molar-refractivity contribution in [2.75, 3.05) is 0 Å². The van der Waals surface area contributed by atoms with Crippen LogP contribution in [0, 0.1) is 11.8 Å². The first-order chi connectivity index (χ1) is 8.04. The van der Waals surface area contributed by atoms with Gasteiger partial charge in [0.15, 0.2) is 0 Å². The van der Waals surface area contributed by atoms with Crippen molar-refractivity contribution in [1.82, 2.24) is 5.32 Å². The Morgan fingerprint density at radius 1 is 1.18 bits per heavy atom. The zero-order chi connectivity index (χ0) is 12.5. The molecule has 2 N–H and O–H groups in total. The number of nitrogens with one attached hydrogen (secondary N) is 1. The molecule has 0 heterocycles. The van der Waals surface area contributed by atoms with Crippen LogP contribution in [0.25, 0.3) is 0 Å². The van der Waals surface area contributed by atoms with Crippen LogP contribution in [0.3, 0.4) is 0 Å². The molecule has 0 aromatic carbocycles. The van der Waals surface area contributed by atoms with Gasteiger partial charge in [0.1, 0.15) is 5.54 Å². The molecule has 3 unspecified atom stereocenters. The lowest BCUT2D eigenvalue weighted by molar-refractivity contribution is -0.150. The lowest BCUT2D eigenvalue weighted by Gasteiger charge is -2.44. The Morgan fingerprint density at radius 3 is 2.41 bits per heavy atom. The maximum absolute atomic E-state index is 11.8. The fourth-order valence-electron chi connectivity index (χ4n) is 3.63. The molecule has 2 saturated carbocycles. The number of aliphatic carboxylic acids is 1. The zero-order valence-electron chi connectivity index (χ0n) is 11.0. The summed E-state index contributed by atoms with van der Waals surface area (Å²) in [6, 6.07) is 0.429. The van der Waals surface area contributed by atoms with Crippen molar-refractivity contribution in [3.05, 3.63) is 0 Å². The largest absolute Gasteiger partial charge is 0.480 e. The molecule has 3 nitrogen and oxygen atoms in total. The number of rotatable bonds is 3. The smallest absolute Gasteiger partial charge is 0.324 e. The van der Waals surface area contributed by atoms with Gasteiger partial charge in [-0.05, 0) is 37.5 Å². The van der Waals surface area contributed by atoms with Crippen LogP contribution in [0.15, 0.2) is 0 Å². The fourth-order valence-corrected chi connectivity index (χ4v) is 3.63. The average Bonchev–Trinajstić information content (AvgIpc) is 2.76. The van der Waals surface area contributed by atoms with E-state index >= 15 is 0 Å². The van der Waals surface area contributed by atoms with Gasteiger partial charge >= 0.3 is 5.97 Å². The molecule has 2 aliphatic rings. The second-order valence-electron chi connectivity index (χ2n) is 6.19. The minimum absolute atomic E-state index is 0.247. The topological polar surface area (TPSA) is 49.3 Å². The summed E-state index contributed by atoms with van der Waals surface area (Å²) in [7, 11) is 0. The third-order valence-electron chi connectivity index (χ3n) is 4.80. The summed E-state index contributed by atoms with van der Waals surface area (Å²) in [5.74, 6) is 0.136. The summed E-state index contributed by atoms with van der Waals surface area (Å²) in [5.41, 5.74) is -0.660. The van der Waals surface area contributed by atoms with Crippen molar-refractivity contribution in [1.29, 1.82) is 0 Å². The van der Waals surface area contributed by atoms with Crippen molar-refractivity contribution < 1.29 is 9.90 Å². The lowest BCUT2D eigenvalue weighted by Crippen LogP contribution is -2.61. The van der Waals surface area contributed by atoms with Gasteiger partial charge < -0.3 is 5.11 Å². The molecular weight excluding hydrogens is 214 g/mol. The van der Waals surface area contributed by atoms with Gasteiger partial charge in [-0.25, -0.2) is 0 Å². The van der Waals surface area contributed by atoms with Gasteiger partial charge in [0.05, 0.1) is 0 Å². The fraction of sp³-hybridized carbons (Fsp3) is 0.929. The normalized spacial score (nSPS) is 39.4. The number of hydrogen-bond donors (Lipinski definition) is 2. The first kappa shape index (κ1) is 12.9. The van der Waals surface area contributed by atoms with Crippen LogP contribution in [0.5, 0.6) is 0 Å². The highest BCUT2D eigenvalue weighted by Gasteiger charge is 2.48. The molecule has 3 atom stereocenters. The summed E-state index contributed by atoms with van der Waals surface area (Å²) >= 11 is 0. The van der Waals surface area contributed by atoms with E-state index in [-0.39, 0.29) is 5.92 Å². The molecule has 0 bridgehead atoms. The van der Waals surface area contributed by atoms with Gasteiger partial charge in [0.2, 0.25) is 0 Å². The van der Waals surface area contributed by atoms with E-state index in [9.17, 15) is 9.90 Å². The molecule has 3 heteroatoms. The molecule has 0 radical (unpaired) electrons. The van der Waals surface area contributed by atoms with Crippen molar-refractivity contribution >= 4 is 5.97 Å². The van der Waals surface area contributed by atoms with Crippen LogP contribution in [-0.2, 0) is 4.79 Å². The molecule has 17 heavy (non-hydrogen) atoms. The number of carboxylic acids is 1. The zero-order valence-corrected chi connectivity index (χ0v) is 11.0. The molecule has 98 valence electrons. The van der Waals surface area contributed by atoms with Gasteiger partial charge in [-0.2, -0.15) is 0 Å². The first-order valence-corrected chi connectivity index (χ1v) is 7.05. The Balaban J connectivity index is 2.14. The first-order valence-electron chi connectivity index (χ1n) is 7.05. The van der Waals surface area contributed by atoms with E-state index in [0.29, 0.717) is 12.0 Å². The third-order valence-corrected chi connectivity index (χ3v) is 4.80. The van der Waals surface area contributed by atoms with Crippen molar-refractivity contribution in [3.63, 3.8) is 0 Å². The van der Waals surface area contributed by atoms with Gasteiger partial charge in [-0.15, -0.1) is 0 Å². The minimum atomic E-state index is -0.660. The van der Waals surface area contributed by atoms with Gasteiger partial charge in [-0.1, -0.05) is 33.1 Å². The van der Waals surface area contributed by atoms with Crippen LogP contribution < -0.4 is 5.32 Å². The van der Waals surface area contributed by atoms with Crippen LogP contribution in [0.2, 0.25) is 0 Å². The van der Waals surface area contributed by atoms with Crippen molar-refractivity contribution in [3.8, 4) is 0 Å². The average molecular weight is 239 g/mol. The van der Waals surface area contributed by atoms with Gasteiger partial charge in [0, 0.05) is 6.04 Å². The molecule has 0 aromatic rings. The van der Waals surface area contributed by atoms with Crippen LogP contribution >= 0.6 is 0 Å². The summed E-state index contributed by atoms with van der Waals surface area (Å²) in [6.45, 7) is 4.28. The summed E-state index contributed by atoms with van der Waals surface area (Å²) in [4.78, 5) is 11.8. The Hall–Kier alpha value is -0.570. The standard InChI is InChI=1S/C14H25NO2/c1-10-7-8-11(2)14(9-10,13(16)17)15-12-5-3-4-6-12/h10-12,15H,3-9H2,1-2H3,(H,16,17). The second kappa shape index (κ2) is 4.97. The molecular formula is C14H25NO2. The van der Waals surface area contributed by atoms with E-state index < -0.39 is 11.5 Å². The highest BCUT2D eigenvalue weighted by molar-refractivity contribution is 5.79. The quantitative estimate of drug-likeness (QED) is 0.796. The predicted octanol–water partition coefficient (Wildman–Crippen LogP) is 2.80. The summed E-state index contributed by atoms with van der Waals surface area (Å²) < 4.78 is 0. The number of carboxylic acid groups (broad SMARTS) is 1. The van der Waals surface area contributed by atoms with Gasteiger partial charge in [-0.3, -0.25) is 10.1 Å². The molecule has 0 amide bonds. The number of hydrogen-bond acceptors (Lipinski definition) is 2. The molecule has 0 saturated heterocycles. The van der Waals surface area contributed by atoms with E-state index in [0.717, 1.165) is 25.7 Å². The lowest BCUT2D eigenvalue weighted by atomic mass is 9.69. The maximum atomic E-state index is 11.8. The Kier molecular flexibility index (Phi) is 3.76. The second-order valence-corrected chi connectivity index (χ2v) is 6.19. The van der Waals surface area contributed by atoms with Crippen molar-refractivity contribution in [2.24, 2.45) is 11.8 Å². The van der Waals surface area contributed by atoms with Crippen LogP contribution in [0.4, 0.5) is 0 Å².